The van der Waals surface area contributed by atoms with E-state index < -0.39 is 12.1 Å². The van der Waals surface area contributed by atoms with E-state index in [2.05, 4.69) is 17.1 Å². The smallest absolute Gasteiger partial charge is 0.246 e. The summed E-state index contributed by atoms with van der Waals surface area (Å²) in [7, 11) is 1.60. The molecule has 6 heteroatoms. The van der Waals surface area contributed by atoms with E-state index in [4.69, 9.17) is 15.0 Å². The lowest BCUT2D eigenvalue weighted by Gasteiger charge is -2.10. The van der Waals surface area contributed by atoms with E-state index in [0.717, 1.165) is 12.8 Å². The Hall–Kier alpha value is -0.980. The first-order chi connectivity index (χ1) is 7.60. The molecular formula is C10H19N3O3. The lowest BCUT2D eigenvalue weighted by atomic mass is 10.2. The Bertz CT molecular complexity index is 314. The van der Waals surface area contributed by atoms with E-state index in [9.17, 15) is 5.11 Å². The molecule has 0 aromatic carbocycles. The Labute approximate surface area is 94.8 Å². The molecule has 0 aliphatic rings. The van der Waals surface area contributed by atoms with E-state index >= 15 is 0 Å². The Morgan fingerprint density at radius 1 is 1.56 bits per heavy atom. The van der Waals surface area contributed by atoms with Crippen LogP contribution in [0.2, 0.25) is 0 Å². The molecule has 0 saturated carbocycles. The molecule has 1 heterocycles. The Morgan fingerprint density at radius 2 is 2.25 bits per heavy atom. The summed E-state index contributed by atoms with van der Waals surface area (Å²) in [4.78, 5) is 4.13. The standard InChI is InChI=1S/C10H19N3O3/c1-4-5-7(15-3)9-12-10(16-13-9)8(11)6(2)14/h6-8,14H,4-5,11H2,1-3H3/t6-,7?,8+/m1/s1. The molecule has 0 spiro atoms. The van der Waals surface area contributed by atoms with E-state index in [-0.39, 0.29) is 12.0 Å². The predicted octanol–water partition coefficient (Wildman–Crippen LogP) is 0.938. The first-order valence-corrected chi connectivity index (χ1v) is 5.40. The van der Waals surface area contributed by atoms with Crippen LogP contribution >= 0.6 is 0 Å². The maximum absolute atomic E-state index is 9.30. The van der Waals surface area contributed by atoms with Crippen molar-refractivity contribution in [2.45, 2.75) is 44.9 Å². The Morgan fingerprint density at radius 3 is 2.75 bits per heavy atom. The number of ether oxygens (including phenoxy) is 1. The predicted molar refractivity (Wildman–Crippen MR) is 57.6 cm³/mol. The second-order valence-electron chi connectivity index (χ2n) is 3.77. The largest absolute Gasteiger partial charge is 0.391 e. The van der Waals surface area contributed by atoms with Gasteiger partial charge >= 0.3 is 0 Å². The van der Waals surface area contributed by atoms with Gasteiger partial charge in [0.1, 0.15) is 12.1 Å². The molecule has 1 unspecified atom stereocenters. The van der Waals surface area contributed by atoms with E-state index in [0.29, 0.717) is 5.82 Å². The molecule has 0 amide bonds. The number of aromatic nitrogens is 2. The van der Waals surface area contributed by atoms with Crippen LogP contribution in [0.5, 0.6) is 0 Å². The van der Waals surface area contributed by atoms with Crippen molar-refractivity contribution in [1.29, 1.82) is 0 Å². The average Bonchev–Trinajstić information content (AvgIpc) is 2.73. The van der Waals surface area contributed by atoms with Crippen LogP contribution in [0, 0.1) is 0 Å². The van der Waals surface area contributed by atoms with Gasteiger partial charge < -0.3 is 20.1 Å². The Balaban J connectivity index is 2.76. The molecule has 0 aliphatic carbocycles. The number of aliphatic hydroxyl groups is 1. The van der Waals surface area contributed by atoms with Crippen molar-refractivity contribution in [3.8, 4) is 0 Å². The van der Waals surface area contributed by atoms with Crippen molar-refractivity contribution in [3.63, 3.8) is 0 Å². The zero-order valence-corrected chi connectivity index (χ0v) is 9.88. The molecule has 0 fully saturated rings. The van der Waals surface area contributed by atoms with Crippen LogP contribution in [0.25, 0.3) is 0 Å². The monoisotopic (exact) mass is 229 g/mol. The normalized spacial score (nSPS) is 17.1. The number of nitrogens with zero attached hydrogens (tertiary/aromatic N) is 2. The molecule has 16 heavy (non-hydrogen) atoms. The molecular weight excluding hydrogens is 210 g/mol. The lowest BCUT2D eigenvalue weighted by molar-refractivity contribution is 0.0854. The van der Waals surface area contributed by atoms with E-state index in [1.54, 1.807) is 14.0 Å². The molecule has 6 nitrogen and oxygen atoms in total. The fraction of sp³-hybridized carbons (Fsp3) is 0.800. The lowest BCUT2D eigenvalue weighted by Crippen LogP contribution is -2.23. The van der Waals surface area contributed by atoms with Crippen LogP contribution in [-0.2, 0) is 4.74 Å². The molecule has 0 radical (unpaired) electrons. The van der Waals surface area contributed by atoms with Gasteiger partial charge in [0, 0.05) is 7.11 Å². The Kier molecular flexibility index (Phi) is 4.85. The van der Waals surface area contributed by atoms with Gasteiger partial charge in [0.25, 0.3) is 0 Å². The average molecular weight is 229 g/mol. The van der Waals surface area contributed by atoms with Gasteiger partial charge in [0.05, 0.1) is 6.10 Å². The van der Waals surface area contributed by atoms with Crippen molar-refractivity contribution >= 4 is 0 Å². The fourth-order valence-electron chi connectivity index (χ4n) is 1.33. The summed E-state index contributed by atoms with van der Waals surface area (Å²) < 4.78 is 10.2. The fourth-order valence-corrected chi connectivity index (χ4v) is 1.33. The van der Waals surface area contributed by atoms with Crippen LogP contribution in [0.15, 0.2) is 4.52 Å². The number of aliphatic hydroxyl groups excluding tert-OH is 1. The quantitative estimate of drug-likeness (QED) is 0.753. The third-order valence-corrected chi connectivity index (χ3v) is 2.39. The minimum atomic E-state index is -0.722. The van der Waals surface area contributed by atoms with E-state index in [1.165, 1.54) is 0 Å². The molecule has 0 saturated heterocycles. The molecule has 0 aliphatic heterocycles. The summed E-state index contributed by atoms with van der Waals surface area (Å²) in [5.74, 6) is 0.721. The van der Waals surface area contributed by atoms with Gasteiger partial charge in [-0.05, 0) is 13.3 Å². The minimum Gasteiger partial charge on any atom is -0.391 e. The van der Waals surface area contributed by atoms with Crippen LogP contribution in [0.3, 0.4) is 0 Å². The maximum Gasteiger partial charge on any atom is 0.246 e. The van der Waals surface area contributed by atoms with Crippen molar-refractivity contribution < 1.29 is 14.4 Å². The van der Waals surface area contributed by atoms with Gasteiger partial charge in [0.15, 0.2) is 0 Å². The minimum absolute atomic E-state index is 0.177. The van der Waals surface area contributed by atoms with Gasteiger partial charge in [-0.1, -0.05) is 18.5 Å². The van der Waals surface area contributed by atoms with Crippen molar-refractivity contribution in [2.75, 3.05) is 7.11 Å². The summed E-state index contributed by atoms with van der Waals surface area (Å²) in [5, 5.41) is 13.1. The molecule has 1 aromatic heterocycles. The summed E-state index contributed by atoms with van der Waals surface area (Å²) in [6.07, 6.45) is 0.883. The number of hydrogen-bond donors (Lipinski definition) is 2. The van der Waals surface area contributed by atoms with Gasteiger partial charge in [-0.2, -0.15) is 4.98 Å². The highest BCUT2D eigenvalue weighted by Gasteiger charge is 2.22. The van der Waals surface area contributed by atoms with Crippen LogP contribution in [-0.4, -0.2) is 28.5 Å². The second-order valence-corrected chi connectivity index (χ2v) is 3.77. The summed E-state index contributed by atoms with van der Waals surface area (Å²) >= 11 is 0. The molecule has 3 N–H and O–H groups in total. The number of nitrogens with two attached hydrogens (primary N) is 1. The first-order valence-electron chi connectivity index (χ1n) is 5.40. The van der Waals surface area contributed by atoms with Gasteiger partial charge in [-0.15, -0.1) is 0 Å². The van der Waals surface area contributed by atoms with Gasteiger partial charge in [0.2, 0.25) is 11.7 Å². The summed E-state index contributed by atoms with van der Waals surface area (Å²) in [6.45, 7) is 3.63. The zero-order valence-electron chi connectivity index (χ0n) is 9.88. The second kappa shape index (κ2) is 5.93. The van der Waals surface area contributed by atoms with Crippen LogP contribution in [0.1, 0.15) is 50.6 Å². The van der Waals surface area contributed by atoms with Crippen molar-refractivity contribution in [3.05, 3.63) is 11.7 Å². The number of hydrogen-bond acceptors (Lipinski definition) is 6. The van der Waals surface area contributed by atoms with Crippen LogP contribution < -0.4 is 5.73 Å². The van der Waals surface area contributed by atoms with Gasteiger partial charge in [-0.25, -0.2) is 0 Å². The molecule has 1 rings (SSSR count). The third-order valence-electron chi connectivity index (χ3n) is 2.39. The first kappa shape index (κ1) is 13.1. The highest BCUT2D eigenvalue weighted by molar-refractivity contribution is 4.96. The van der Waals surface area contributed by atoms with E-state index in [1.807, 2.05) is 0 Å². The topological polar surface area (TPSA) is 94.4 Å². The highest BCUT2D eigenvalue weighted by atomic mass is 16.5. The summed E-state index contributed by atoms with van der Waals surface area (Å²) in [5.41, 5.74) is 5.68. The third kappa shape index (κ3) is 3.01. The molecule has 0 bridgehead atoms. The van der Waals surface area contributed by atoms with Crippen molar-refractivity contribution in [2.24, 2.45) is 5.73 Å². The molecule has 3 atom stereocenters. The number of rotatable bonds is 6. The molecule has 1 aromatic rings. The van der Waals surface area contributed by atoms with Gasteiger partial charge in [-0.3, -0.25) is 0 Å². The van der Waals surface area contributed by atoms with Crippen molar-refractivity contribution in [1.82, 2.24) is 10.1 Å². The maximum atomic E-state index is 9.30. The van der Waals surface area contributed by atoms with Crippen LogP contribution in [0.4, 0.5) is 0 Å². The summed E-state index contributed by atoms with van der Waals surface area (Å²) in [6, 6.07) is -0.652. The molecule has 92 valence electrons. The zero-order chi connectivity index (χ0) is 12.1. The SMILES string of the molecule is CCCC(OC)c1noc([C@@H](N)[C@@H](C)O)n1. The number of methoxy groups -OCH3 is 1. The highest BCUT2D eigenvalue weighted by Crippen LogP contribution is 2.21.